The van der Waals surface area contributed by atoms with Crippen LogP contribution in [0.2, 0.25) is 5.02 Å². The van der Waals surface area contributed by atoms with Crippen molar-refractivity contribution in [3.8, 4) is 11.4 Å². The third kappa shape index (κ3) is 3.34. The molecule has 1 heterocycles. The molecule has 0 saturated carbocycles. The minimum absolute atomic E-state index is 0.242. The lowest BCUT2D eigenvalue weighted by Gasteiger charge is -2.09. The van der Waals surface area contributed by atoms with Gasteiger partial charge in [-0.2, -0.15) is 13.2 Å². The highest BCUT2D eigenvalue weighted by Crippen LogP contribution is 2.29. The minimum Gasteiger partial charge on any atom is -0.221 e. The highest BCUT2D eigenvalue weighted by molar-refractivity contribution is 6.33. The summed E-state index contributed by atoms with van der Waals surface area (Å²) in [4.78, 5) is 0. The summed E-state index contributed by atoms with van der Waals surface area (Å²) in [7, 11) is 0. The van der Waals surface area contributed by atoms with Crippen molar-refractivity contribution in [3.05, 3.63) is 64.7 Å². The van der Waals surface area contributed by atoms with Crippen molar-refractivity contribution in [1.29, 1.82) is 0 Å². The second kappa shape index (κ2) is 6.00. The van der Waals surface area contributed by atoms with E-state index in [2.05, 4.69) is 15.5 Å². The van der Waals surface area contributed by atoms with E-state index in [1.54, 1.807) is 24.3 Å². The van der Waals surface area contributed by atoms with Crippen molar-refractivity contribution >= 4 is 11.6 Å². The molecule has 0 radical (unpaired) electrons. The Morgan fingerprint density at radius 1 is 1.00 bits per heavy atom. The number of alkyl halides is 3. The van der Waals surface area contributed by atoms with Crippen LogP contribution in [0, 0.1) is 0 Å². The fourth-order valence-electron chi connectivity index (χ4n) is 2.12. The summed E-state index contributed by atoms with van der Waals surface area (Å²) in [5.41, 5.74) is 0.619. The van der Waals surface area contributed by atoms with Crippen LogP contribution in [0.25, 0.3) is 11.4 Å². The maximum atomic E-state index is 12.6. The zero-order valence-electron chi connectivity index (χ0n) is 11.6. The summed E-state index contributed by atoms with van der Waals surface area (Å²) in [5, 5.41) is 11.9. The van der Waals surface area contributed by atoms with Gasteiger partial charge in [0.25, 0.3) is 0 Å². The average Bonchev–Trinajstić information content (AvgIpc) is 2.95. The van der Waals surface area contributed by atoms with Gasteiger partial charge >= 0.3 is 6.18 Å². The molecule has 0 aliphatic rings. The van der Waals surface area contributed by atoms with Gasteiger partial charge in [0.05, 0.1) is 17.1 Å². The second-order valence-electron chi connectivity index (χ2n) is 4.83. The van der Waals surface area contributed by atoms with E-state index in [4.69, 9.17) is 11.6 Å². The fourth-order valence-corrected chi connectivity index (χ4v) is 2.34. The molecule has 0 spiro atoms. The Balaban J connectivity index is 1.88. The lowest BCUT2D eigenvalue weighted by Crippen LogP contribution is -2.07. The van der Waals surface area contributed by atoms with Crippen LogP contribution < -0.4 is 0 Å². The van der Waals surface area contributed by atoms with Crippen molar-refractivity contribution in [2.45, 2.75) is 12.7 Å². The zero-order valence-corrected chi connectivity index (χ0v) is 12.4. The third-order valence-corrected chi connectivity index (χ3v) is 3.59. The molecule has 8 heteroatoms. The Labute approximate surface area is 134 Å². The normalized spacial score (nSPS) is 11.7. The molecule has 0 atom stereocenters. The first-order valence-electron chi connectivity index (χ1n) is 6.62. The maximum absolute atomic E-state index is 12.6. The number of aromatic nitrogens is 4. The number of halogens is 4. The molecule has 1 aromatic heterocycles. The molecule has 0 bridgehead atoms. The van der Waals surface area contributed by atoms with E-state index in [1.807, 2.05) is 0 Å². The van der Waals surface area contributed by atoms with Gasteiger partial charge in [-0.1, -0.05) is 35.9 Å². The van der Waals surface area contributed by atoms with Gasteiger partial charge in [0, 0.05) is 5.56 Å². The number of tetrazole rings is 1. The Morgan fingerprint density at radius 2 is 1.70 bits per heavy atom. The van der Waals surface area contributed by atoms with Crippen LogP contribution in [0.1, 0.15) is 11.1 Å². The van der Waals surface area contributed by atoms with Gasteiger partial charge in [-0.15, -0.1) is 5.10 Å². The Morgan fingerprint density at radius 3 is 2.35 bits per heavy atom. The third-order valence-electron chi connectivity index (χ3n) is 3.26. The first kappa shape index (κ1) is 15.5. The van der Waals surface area contributed by atoms with Gasteiger partial charge in [-0.3, -0.25) is 0 Å². The van der Waals surface area contributed by atoms with Crippen molar-refractivity contribution in [3.63, 3.8) is 0 Å². The lowest BCUT2D eigenvalue weighted by molar-refractivity contribution is -0.137. The number of rotatable bonds is 3. The van der Waals surface area contributed by atoms with E-state index >= 15 is 0 Å². The van der Waals surface area contributed by atoms with Gasteiger partial charge in [0.15, 0.2) is 5.82 Å². The molecule has 23 heavy (non-hydrogen) atoms. The molecular formula is C15H10ClF3N4. The number of hydrogen-bond acceptors (Lipinski definition) is 3. The summed E-state index contributed by atoms with van der Waals surface area (Å²) in [5.74, 6) is 0.454. The molecule has 0 N–H and O–H groups in total. The maximum Gasteiger partial charge on any atom is 0.416 e. The number of benzene rings is 2. The van der Waals surface area contributed by atoms with Crippen LogP contribution in [-0.4, -0.2) is 20.2 Å². The van der Waals surface area contributed by atoms with Crippen molar-refractivity contribution < 1.29 is 13.2 Å². The number of nitrogens with zero attached hydrogens (tertiary/aromatic N) is 4. The van der Waals surface area contributed by atoms with Crippen LogP contribution in [0.15, 0.2) is 48.5 Å². The molecule has 2 aromatic carbocycles. The predicted molar refractivity (Wildman–Crippen MR) is 78.8 cm³/mol. The predicted octanol–water partition coefficient (Wildman–Crippen LogP) is 4.06. The molecule has 0 unspecified atom stereocenters. The highest BCUT2D eigenvalue weighted by atomic mass is 35.5. The quantitative estimate of drug-likeness (QED) is 0.723. The van der Waals surface area contributed by atoms with E-state index in [0.717, 1.165) is 12.1 Å². The molecular weight excluding hydrogens is 329 g/mol. The van der Waals surface area contributed by atoms with Crippen molar-refractivity contribution in [2.24, 2.45) is 0 Å². The first-order chi connectivity index (χ1) is 10.9. The van der Waals surface area contributed by atoms with E-state index in [0.29, 0.717) is 22.0 Å². The van der Waals surface area contributed by atoms with Gasteiger partial charge in [-0.25, -0.2) is 4.68 Å². The monoisotopic (exact) mass is 338 g/mol. The summed E-state index contributed by atoms with van der Waals surface area (Å²) in [6, 6.07) is 12.0. The Kier molecular flexibility index (Phi) is 4.04. The van der Waals surface area contributed by atoms with Crippen LogP contribution >= 0.6 is 11.6 Å². The topological polar surface area (TPSA) is 43.6 Å². The van der Waals surface area contributed by atoms with Crippen molar-refractivity contribution in [2.75, 3.05) is 0 Å². The molecule has 3 rings (SSSR count). The van der Waals surface area contributed by atoms with Gasteiger partial charge in [-0.05, 0) is 40.3 Å². The summed E-state index contributed by atoms with van der Waals surface area (Å²) in [6.07, 6.45) is -4.35. The van der Waals surface area contributed by atoms with E-state index in [1.165, 1.54) is 16.8 Å². The minimum atomic E-state index is -4.35. The molecule has 0 fully saturated rings. The van der Waals surface area contributed by atoms with Gasteiger partial charge < -0.3 is 0 Å². The van der Waals surface area contributed by atoms with E-state index in [9.17, 15) is 13.2 Å². The molecule has 0 aliphatic carbocycles. The van der Waals surface area contributed by atoms with Gasteiger partial charge in [0.2, 0.25) is 0 Å². The van der Waals surface area contributed by atoms with Crippen molar-refractivity contribution in [1.82, 2.24) is 20.2 Å². The molecule has 0 aliphatic heterocycles. The van der Waals surface area contributed by atoms with E-state index in [-0.39, 0.29) is 6.54 Å². The Bertz CT molecular complexity index is 812. The molecule has 118 valence electrons. The average molecular weight is 339 g/mol. The number of hydrogen-bond donors (Lipinski definition) is 0. The van der Waals surface area contributed by atoms with Crippen LogP contribution in [0.3, 0.4) is 0 Å². The SMILES string of the molecule is FC(F)(F)c1ccc(Cn2nnnc2-c2ccccc2Cl)cc1. The second-order valence-corrected chi connectivity index (χ2v) is 5.24. The molecule has 4 nitrogen and oxygen atoms in total. The van der Waals surface area contributed by atoms with Crippen LogP contribution in [0.4, 0.5) is 13.2 Å². The summed E-state index contributed by atoms with van der Waals surface area (Å²) >= 11 is 6.13. The first-order valence-corrected chi connectivity index (χ1v) is 7.00. The van der Waals surface area contributed by atoms with Gasteiger partial charge in [0.1, 0.15) is 0 Å². The lowest BCUT2D eigenvalue weighted by atomic mass is 10.1. The van der Waals surface area contributed by atoms with Crippen LogP contribution in [0.5, 0.6) is 0 Å². The largest absolute Gasteiger partial charge is 0.416 e. The smallest absolute Gasteiger partial charge is 0.221 e. The van der Waals surface area contributed by atoms with E-state index < -0.39 is 11.7 Å². The standard InChI is InChI=1S/C15H10ClF3N4/c16-13-4-2-1-3-12(13)14-20-21-22-23(14)9-10-5-7-11(8-6-10)15(17,18)19/h1-8H,9H2. The fraction of sp³-hybridized carbons (Fsp3) is 0.133. The highest BCUT2D eigenvalue weighted by Gasteiger charge is 2.29. The van der Waals surface area contributed by atoms with Crippen LogP contribution in [-0.2, 0) is 12.7 Å². The Hall–Kier alpha value is -2.41. The molecule has 3 aromatic rings. The summed E-state index contributed by atoms with van der Waals surface area (Å²) in [6.45, 7) is 0.242. The molecule has 0 amide bonds. The molecule has 0 saturated heterocycles. The zero-order chi connectivity index (χ0) is 16.4. The summed E-state index contributed by atoms with van der Waals surface area (Å²) < 4.78 is 39.2.